The van der Waals surface area contributed by atoms with Gasteiger partial charge in [-0.2, -0.15) is 0 Å². The molecular formula is C54H37N5. The van der Waals surface area contributed by atoms with E-state index in [-0.39, 0.29) is 0 Å². The first-order valence-corrected chi connectivity index (χ1v) is 19.9. The van der Waals surface area contributed by atoms with Crippen molar-refractivity contribution in [3.63, 3.8) is 0 Å². The van der Waals surface area contributed by atoms with Gasteiger partial charge in [-0.1, -0.05) is 158 Å². The Morgan fingerprint density at radius 1 is 0.458 bits per heavy atom. The maximum absolute atomic E-state index is 5.15. The summed E-state index contributed by atoms with van der Waals surface area (Å²) < 4.78 is 4.86. The van der Waals surface area contributed by atoms with Crippen LogP contribution in [0.2, 0.25) is 0 Å². The van der Waals surface area contributed by atoms with Gasteiger partial charge in [-0.3, -0.25) is 0 Å². The predicted molar refractivity (Wildman–Crippen MR) is 246 cm³/mol. The van der Waals surface area contributed by atoms with E-state index in [4.69, 9.17) is 15.0 Å². The SMILES string of the molecule is C=C/C=C\c1c(C)ccc2c3cc4c5ccccc5n(-c5cc(-c6nc(-c7ccccc7)nc(-c7ccccc7)n6)cc6ccccc56)c4cc3n(-c3ccccc3)c12. The van der Waals surface area contributed by atoms with E-state index < -0.39 is 0 Å². The lowest BCUT2D eigenvalue weighted by molar-refractivity contribution is 1.07. The smallest absolute Gasteiger partial charge is 0.164 e. The van der Waals surface area contributed by atoms with E-state index in [0.29, 0.717) is 17.5 Å². The third kappa shape index (κ3) is 5.66. The van der Waals surface area contributed by atoms with Crippen molar-refractivity contribution in [2.24, 2.45) is 0 Å². The third-order valence-electron chi connectivity index (χ3n) is 11.4. The normalized spacial score (nSPS) is 11.8. The van der Waals surface area contributed by atoms with Crippen LogP contribution >= 0.6 is 0 Å². The number of aromatic nitrogens is 5. The Hall–Kier alpha value is -7.89. The van der Waals surface area contributed by atoms with Gasteiger partial charge in [-0.05, 0) is 60.3 Å². The summed E-state index contributed by atoms with van der Waals surface area (Å²) in [5, 5.41) is 7.03. The van der Waals surface area contributed by atoms with E-state index in [1.165, 1.54) is 38.2 Å². The zero-order chi connectivity index (χ0) is 39.5. The molecule has 8 aromatic carbocycles. The van der Waals surface area contributed by atoms with Gasteiger partial charge in [0.2, 0.25) is 0 Å². The van der Waals surface area contributed by atoms with Crippen LogP contribution in [0, 0.1) is 6.92 Å². The molecule has 0 fully saturated rings. The van der Waals surface area contributed by atoms with E-state index in [1.807, 2.05) is 72.8 Å². The lowest BCUT2D eigenvalue weighted by Crippen LogP contribution is -2.02. The summed E-state index contributed by atoms with van der Waals surface area (Å²) in [5.74, 6) is 1.89. The zero-order valence-corrected chi connectivity index (χ0v) is 32.4. The number of fused-ring (bicyclic) bond motifs is 7. The first-order valence-electron chi connectivity index (χ1n) is 19.9. The highest BCUT2D eigenvalue weighted by atomic mass is 15.0. The fourth-order valence-corrected chi connectivity index (χ4v) is 8.71. The lowest BCUT2D eigenvalue weighted by Gasteiger charge is -2.15. The molecule has 0 unspecified atom stereocenters. The van der Waals surface area contributed by atoms with Crippen LogP contribution in [0.4, 0.5) is 0 Å². The summed E-state index contributed by atoms with van der Waals surface area (Å²) in [7, 11) is 0. The van der Waals surface area contributed by atoms with E-state index in [9.17, 15) is 0 Å². The molecule has 0 saturated heterocycles. The Balaban J connectivity index is 1.24. The van der Waals surface area contributed by atoms with Gasteiger partial charge in [0, 0.05) is 54.9 Å². The van der Waals surface area contributed by atoms with Crippen molar-refractivity contribution in [3.05, 3.63) is 206 Å². The lowest BCUT2D eigenvalue weighted by atomic mass is 10.0. The number of hydrogen-bond donors (Lipinski definition) is 0. The van der Waals surface area contributed by atoms with Crippen LogP contribution < -0.4 is 0 Å². The molecule has 0 spiro atoms. The van der Waals surface area contributed by atoms with Crippen LogP contribution in [0.1, 0.15) is 11.1 Å². The second-order valence-corrected chi connectivity index (χ2v) is 15.0. The molecule has 59 heavy (non-hydrogen) atoms. The fraction of sp³-hybridized carbons (Fsp3) is 0.0185. The minimum atomic E-state index is 0.618. The Bertz CT molecular complexity index is 3390. The van der Waals surface area contributed by atoms with Gasteiger partial charge in [-0.15, -0.1) is 0 Å². The maximum atomic E-state index is 5.15. The highest BCUT2D eigenvalue weighted by Crippen LogP contribution is 2.43. The standard InChI is InChI=1S/C54H37N5/c1-3-4-25-41-35(2)29-30-44-46-33-45-43-27-16-17-28-47(43)59(50(45)34-49(46)58(51(41)44)40-23-12-7-13-24-40)48-32-39(31-38-22-14-15-26-42(38)48)54-56-52(36-18-8-5-9-19-36)55-53(57-54)37-20-10-6-11-21-37/h3-34H,1H2,2H3/b25-4-. The van der Waals surface area contributed by atoms with E-state index in [2.05, 4.69) is 144 Å². The molecule has 0 atom stereocenters. The number of hydrogen-bond acceptors (Lipinski definition) is 3. The van der Waals surface area contributed by atoms with Gasteiger partial charge >= 0.3 is 0 Å². The molecule has 0 radical (unpaired) electrons. The van der Waals surface area contributed by atoms with Crippen molar-refractivity contribution < 1.29 is 0 Å². The van der Waals surface area contributed by atoms with Crippen molar-refractivity contribution in [3.8, 4) is 45.5 Å². The molecule has 5 nitrogen and oxygen atoms in total. The number of rotatable bonds is 7. The summed E-state index contributed by atoms with van der Waals surface area (Å²) in [6.45, 7) is 6.17. The van der Waals surface area contributed by atoms with Crippen molar-refractivity contribution in [2.75, 3.05) is 0 Å². The molecule has 0 saturated carbocycles. The van der Waals surface area contributed by atoms with Crippen LogP contribution in [0.15, 0.2) is 195 Å². The van der Waals surface area contributed by atoms with E-state index >= 15 is 0 Å². The van der Waals surface area contributed by atoms with Gasteiger partial charge in [0.05, 0.1) is 27.8 Å². The van der Waals surface area contributed by atoms with Gasteiger partial charge in [0.1, 0.15) is 0 Å². The van der Waals surface area contributed by atoms with E-state index in [1.54, 1.807) is 0 Å². The molecule has 0 aliphatic rings. The van der Waals surface area contributed by atoms with Crippen molar-refractivity contribution in [1.29, 1.82) is 0 Å². The Morgan fingerprint density at radius 2 is 1.03 bits per heavy atom. The van der Waals surface area contributed by atoms with Gasteiger partial charge < -0.3 is 9.13 Å². The highest BCUT2D eigenvalue weighted by molar-refractivity contribution is 6.20. The van der Waals surface area contributed by atoms with Crippen LogP contribution in [-0.4, -0.2) is 24.1 Å². The second-order valence-electron chi connectivity index (χ2n) is 15.0. The molecule has 5 heteroatoms. The Kier molecular flexibility index (Phi) is 8.12. The van der Waals surface area contributed by atoms with Crippen molar-refractivity contribution in [2.45, 2.75) is 6.92 Å². The average molecular weight is 756 g/mol. The van der Waals surface area contributed by atoms with Crippen LogP contribution in [0.3, 0.4) is 0 Å². The first kappa shape index (κ1) is 34.4. The zero-order valence-electron chi connectivity index (χ0n) is 32.4. The number of para-hydroxylation sites is 2. The minimum Gasteiger partial charge on any atom is -0.309 e. The summed E-state index contributed by atoms with van der Waals surface area (Å²) in [4.78, 5) is 15.3. The molecule has 3 aromatic heterocycles. The first-order chi connectivity index (χ1) is 29.1. The molecule has 0 aliphatic carbocycles. The third-order valence-corrected chi connectivity index (χ3v) is 11.4. The largest absolute Gasteiger partial charge is 0.309 e. The monoisotopic (exact) mass is 755 g/mol. The van der Waals surface area contributed by atoms with Crippen LogP contribution in [-0.2, 0) is 0 Å². The van der Waals surface area contributed by atoms with Crippen molar-refractivity contribution in [1.82, 2.24) is 24.1 Å². The molecule has 3 heterocycles. The highest BCUT2D eigenvalue weighted by Gasteiger charge is 2.22. The molecule has 0 N–H and O–H groups in total. The van der Waals surface area contributed by atoms with Crippen LogP contribution in [0.25, 0.3) is 106 Å². The molecule has 11 aromatic rings. The summed E-state index contributed by atoms with van der Waals surface area (Å²) >= 11 is 0. The Morgan fingerprint density at radius 3 is 1.73 bits per heavy atom. The summed E-state index contributed by atoms with van der Waals surface area (Å²) in [6.07, 6.45) is 6.06. The molecule has 0 bridgehead atoms. The second kappa shape index (κ2) is 13.9. The van der Waals surface area contributed by atoms with E-state index in [0.717, 1.165) is 55.4 Å². The quantitative estimate of drug-likeness (QED) is 0.152. The summed E-state index contributed by atoms with van der Waals surface area (Å²) in [6, 6.07) is 62.1. The number of aryl methyl sites for hydroxylation is 1. The Labute approximate surface area is 341 Å². The molecule has 0 aliphatic heterocycles. The maximum Gasteiger partial charge on any atom is 0.164 e. The van der Waals surface area contributed by atoms with Crippen molar-refractivity contribution >= 4 is 60.5 Å². The van der Waals surface area contributed by atoms with Gasteiger partial charge in [0.15, 0.2) is 17.5 Å². The number of allylic oxidation sites excluding steroid dienone is 2. The summed E-state index contributed by atoms with van der Waals surface area (Å²) in [5.41, 5.74) is 11.9. The van der Waals surface area contributed by atoms with Gasteiger partial charge in [-0.25, -0.2) is 15.0 Å². The van der Waals surface area contributed by atoms with Crippen LogP contribution in [0.5, 0.6) is 0 Å². The number of benzene rings is 8. The number of nitrogens with zero attached hydrogens (tertiary/aromatic N) is 5. The fourth-order valence-electron chi connectivity index (χ4n) is 8.71. The molecule has 11 rings (SSSR count). The van der Waals surface area contributed by atoms with Gasteiger partial charge in [0.25, 0.3) is 0 Å². The topological polar surface area (TPSA) is 48.5 Å². The molecule has 278 valence electrons. The minimum absolute atomic E-state index is 0.618. The molecule has 0 amide bonds. The predicted octanol–water partition coefficient (Wildman–Crippen LogP) is 13.7. The average Bonchev–Trinajstić information content (AvgIpc) is 3.80. The molecular weight excluding hydrogens is 719 g/mol.